The van der Waals surface area contributed by atoms with E-state index in [1.165, 1.54) is 12.1 Å². The number of rotatable bonds is 5. The summed E-state index contributed by atoms with van der Waals surface area (Å²) in [4.78, 5) is 22.3. The molecular formula is C22H28FN3O2. The van der Waals surface area contributed by atoms with Gasteiger partial charge in [0.2, 0.25) is 11.8 Å². The standard InChI is InChI=1S/C22H28FN3O2/c1-3-12-25-13-4-10-22(21(25)27)11-5-14-26(22)15-19-16(2)28-20(24-19)17-6-8-18(23)9-7-17/h6-9H,3-5,10-15H2,1-2H3. The zero-order valence-electron chi connectivity index (χ0n) is 16.7. The number of benzene rings is 1. The zero-order chi connectivity index (χ0) is 19.7. The van der Waals surface area contributed by atoms with Crippen molar-refractivity contribution in [3.8, 4) is 11.5 Å². The Morgan fingerprint density at radius 3 is 2.61 bits per heavy atom. The number of carbonyl (C=O) groups excluding carboxylic acids is 1. The summed E-state index contributed by atoms with van der Waals surface area (Å²) < 4.78 is 19.0. The molecule has 0 N–H and O–H groups in total. The molecule has 28 heavy (non-hydrogen) atoms. The number of halogens is 1. The van der Waals surface area contributed by atoms with Crippen LogP contribution in [0.5, 0.6) is 0 Å². The molecule has 5 nitrogen and oxygen atoms in total. The number of aromatic nitrogens is 1. The van der Waals surface area contributed by atoms with Gasteiger partial charge in [0.15, 0.2) is 0 Å². The first-order chi connectivity index (χ1) is 13.5. The lowest BCUT2D eigenvalue weighted by Gasteiger charge is -2.44. The van der Waals surface area contributed by atoms with E-state index in [0.717, 1.165) is 68.8 Å². The lowest BCUT2D eigenvalue weighted by molar-refractivity contribution is -0.147. The smallest absolute Gasteiger partial charge is 0.243 e. The second kappa shape index (κ2) is 7.66. The first-order valence-corrected chi connectivity index (χ1v) is 10.3. The summed E-state index contributed by atoms with van der Waals surface area (Å²) in [5.41, 5.74) is 1.24. The third kappa shape index (κ3) is 3.34. The molecule has 2 saturated heterocycles. The van der Waals surface area contributed by atoms with Gasteiger partial charge in [-0.1, -0.05) is 6.92 Å². The lowest BCUT2D eigenvalue weighted by atomic mass is 9.85. The van der Waals surface area contributed by atoms with Gasteiger partial charge in [0.05, 0.1) is 5.69 Å². The maximum absolute atomic E-state index is 13.3. The van der Waals surface area contributed by atoms with Crippen LogP contribution in [0.15, 0.2) is 28.7 Å². The van der Waals surface area contributed by atoms with Gasteiger partial charge >= 0.3 is 0 Å². The van der Waals surface area contributed by atoms with Crippen molar-refractivity contribution in [1.82, 2.24) is 14.8 Å². The summed E-state index contributed by atoms with van der Waals surface area (Å²) in [6.45, 7) is 7.26. The Hall–Kier alpha value is -2.21. The van der Waals surface area contributed by atoms with Gasteiger partial charge in [-0.2, -0.15) is 0 Å². The highest BCUT2D eigenvalue weighted by molar-refractivity contribution is 5.87. The number of oxazole rings is 1. The topological polar surface area (TPSA) is 49.6 Å². The third-order valence-electron chi connectivity index (χ3n) is 6.15. The van der Waals surface area contributed by atoms with E-state index in [1.54, 1.807) is 12.1 Å². The van der Waals surface area contributed by atoms with Crippen LogP contribution in [0.1, 0.15) is 50.5 Å². The van der Waals surface area contributed by atoms with Crippen LogP contribution < -0.4 is 0 Å². The molecule has 1 atom stereocenters. The van der Waals surface area contributed by atoms with Crippen molar-refractivity contribution in [1.29, 1.82) is 0 Å². The van der Waals surface area contributed by atoms with Crippen LogP contribution in [0, 0.1) is 12.7 Å². The number of piperidine rings is 1. The van der Waals surface area contributed by atoms with Gasteiger partial charge in [-0.3, -0.25) is 9.69 Å². The highest BCUT2D eigenvalue weighted by Gasteiger charge is 2.50. The molecule has 2 fully saturated rings. The minimum Gasteiger partial charge on any atom is -0.441 e. The average molecular weight is 385 g/mol. The summed E-state index contributed by atoms with van der Waals surface area (Å²) >= 11 is 0. The third-order valence-corrected chi connectivity index (χ3v) is 6.15. The molecule has 6 heteroatoms. The fourth-order valence-electron chi connectivity index (χ4n) is 4.71. The van der Waals surface area contributed by atoms with Gasteiger partial charge in [0.25, 0.3) is 0 Å². The van der Waals surface area contributed by atoms with Gasteiger partial charge in [0.1, 0.15) is 17.1 Å². The first kappa shape index (κ1) is 19.1. The number of nitrogens with zero attached hydrogens (tertiary/aromatic N) is 3. The number of aryl methyl sites for hydroxylation is 1. The second-order valence-corrected chi connectivity index (χ2v) is 7.98. The van der Waals surface area contributed by atoms with Crippen LogP contribution in [0.2, 0.25) is 0 Å². The maximum atomic E-state index is 13.3. The second-order valence-electron chi connectivity index (χ2n) is 7.98. The van der Waals surface area contributed by atoms with Gasteiger partial charge in [-0.25, -0.2) is 9.37 Å². The van der Waals surface area contributed by atoms with Crippen molar-refractivity contribution < 1.29 is 13.6 Å². The van der Waals surface area contributed by atoms with E-state index in [4.69, 9.17) is 4.42 Å². The molecule has 2 aromatic rings. The number of hydrogen-bond acceptors (Lipinski definition) is 4. The Kier molecular flexibility index (Phi) is 5.23. The molecule has 1 aromatic carbocycles. The molecule has 0 aliphatic carbocycles. The van der Waals surface area contributed by atoms with Crippen LogP contribution in [-0.2, 0) is 11.3 Å². The molecule has 1 aromatic heterocycles. The van der Waals surface area contributed by atoms with Crippen LogP contribution >= 0.6 is 0 Å². The highest BCUT2D eigenvalue weighted by atomic mass is 19.1. The average Bonchev–Trinajstić information content (AvgIpc) is 3.25. The van der Waals surface area contributed by atoms with Crippen LogP contribution in [0.4, 0.5) is 4.39 Å². The molecule has 2 aliphatic heterocycles. The fourth-order valence-corrected chi connectivity index (χ4v) is 4.71. The largest absolute Gasteiger partial charge is 0.441 e. The van der Waals surface area contributed by atoms with Gasteiger partial charge in [-0.05, 0) is 69.8 Å². The number of carbonyl (C=O) groups is 1. The quantitative estimate of drug-likeness (QED) is 0.776. The number of amides is 1. The summed E-state index contributed by atoms with van der Waals surface area (Å²) in [5, 5.41) is 0. The molecule has 150 valence electrons. The Bertz CT molecular complexity index is 846. The van der Waals surface area contributed by atoms with Crippen LogP contribution in [0.3, 0.4) is 0 Å². The minimum atomic E-state index is -0.380. The summed E-state index contributed by atoms with van der Waals surface area (Å²) in [6, 6.07) is 6.17. The van der Waals surface area contributed by atoms with Crippen molar-refractivity contribution in [2.24, 2.45) is 0 Å². The summed E-state index contributed by atoms with van der Waals surface area (Å²) in [5.74, 6) is 1.27. The SMILES string of the molecule is CCCN1CCCC2(CCCN2Cc2nc(-c3ccc(F)cc3)oc2C)C1=O. The first-order valence-electron chi connectivity index (χ1n) is 10.3. The zero-order valence-corrected chi connectivity index (χ0v) is 16.7. The van der Waals surface area contributed by atoms with Crippen molar-refractivity contribution in [3.63, 3.8) is 0 Å². The van der Waals surface area contributed by atoms with Gasteiger partial charge < -0.3 is 9.32 Å². The van der Waals surface area contributed by atoms with Crippen molar-refractivity contribution in [3.05, 3.63) is 41.5 Å². The Morgan fingerprint density at radius 1 is 1.18 bits per heavy atom. The Labute approximate surface area is 165 Å². The van der Waals surface area contributed by atoms with Crippen LogP contribution in [-0.4, -0.2) is 45.9 Å². The molecule has 1 amide bonds. The Balaban J connectivity index is 1.57. The highest BCUT2D eigenvalue weighted by Crippen LogP contribution is 2.39. The van der Waals surface area contributed by atoms with Gasteiger partial charge in [-0.15, -0.1) is 0 Å². The van der Waals surface area contributed by atoms with Crippen molar-refractivity contribution in [2.45, 2.75) is 58.0 Å². The molecule has 1 unspecified atom stereocenters. The van der Waals surface area contributed by atoms with Crippen molar-refractivity contribution in [2.75, 3.05) is 19.6 Å². The fraction of sp³-hybridized carbons (Fsp3) is 0.545. The van der Waals surface area contributed by atoms with Crippen LogP contribution in [0.25, 0.3) is 11.5 Å². The van der Waals surface area contributed by atoms with E-state index >= 15 is 0 Å². The molecule has 0 radical (unpaired) electrons. The Morgan fingerprint density at radius 2 is 1.89 bits per heavy atom. The van der Waals surface area contributed by atoms with E-state index in [9.17, 15) is 9.18 Å². The number of likely N-dealkylation sites (tertiary alicyclic amines) is 2. The maximum Gasteiger partial charge on any atom is 0.243 e. The molecule has 2 aliphatic rings. The van der Waals surface area contributed by atoms with Gasteiger partial charge in [0, 0.05) is 25.2 Å². The van der Waals surface area contributed by atoms with Crippen molar-refractivity contribution >= 4 is 5.91 Å². The predicted octanol–water partition coefficient (Wildman–Crippen LogP) is 4.16. The summed E-state index contributed by atoms with van der Waals surface area (Å²) in [7, 11) is 0. The van der Waals surface area contributed by atoms with E-state index in [2.05, 4.69) is 16.8 Å². The molecule has 0 saturated carbocycles. The minimum absolute atomic E-state index is 0.279. The normalized spacial score (nSPS) is 23.1. The number of hydrogen-bond donors (Lipinski definition) is 0. The molecular weight excluding hydrogens is 357 g/mol. The molecule has 3 heterocycles. The predicted molar refractivity (Wildman–Crippen MR) is 105 cm³/mol. The molecule has 0 bridgehead atoms. The van der Waals surface area contributed by atoms with E-state index < -0.39 is 0 Å². The molecule has 1 spiro atoms. The monoisotopic (exact) mass is 385 g/mol. The van der Waals surface area contributed by atoms with E-state index in [-0.39, 0.29) is 17.3 Å². The molecule has 4 rings (SSSR count). The van der Waals surface area contributed by atoms with E-state index in [0.29, 0.717) is 12.4 Å². The van der Waals surface area contributed by atoms with E-state index in [1.807, 2.05) is 11.8 Å². The summed E-state index contributed by atoms with van der Waals surface area (Å²) in [6.07, 6.45) is 4.93. The lowest BCUT2D eigenvalue weighted by Crippen LogP contribution is -2.59.